The lowest BCUT2D eigenvalue weighted by molar-refractivity contribution is -0.145. The average molecular weight is 392 g/mol. The molecular formula is C20H19ClFNO4. The lowest BCUT2D eigenvalue weighted by Gasteiger charge is -2.14. The van der Waals surface area contributed by atoms with Gasteiger partial charge in [0.1, 0.15) is 11.9 Å². The van der Waals surface area contributed by atoms with Crippen molar-refractivity contribution >= 4 is 29.3 Å². The Kier molecular flexibility index (Phi) is 7.49. The summed E-state index contributed by atoms with van der Waals surface area (Å²) in [4.78, 5) is 36.0. The average Bonchev–Trinajstić information content (AvgIpc) is 2.65. The van der Waals surface area contributed by atoms with E-state index in [0.717, 1.165) is 0 Å². The molecule has 1 N–H and O–H groups in total. The van der Waals surface area contributed by atoms with E-state index in [1.165, 1.54) is 31.2 Å². The summed E-state index contributed by atoms with van der Waals surface area (Å²) >= 11 is 5.94. The van der Waals surface area contributed by atoms with Crippen LogP contribution in [0, 0.1) is 5.82 Å². The SMILES string of the molecule is C[C@H](NC(=O)c1ccccc1Cl)C(=O)OCCCC(=O)c1ccc(F)cc1. The van der Waals surface area contributed by atoms with Gasteiger partial charge in [0, 0.05) is 12.0 Å². The summed E-state index contributed by atoms with van der Waals surface area (Å²) in [7, 11) is 0. The van der Waals surface area contributed by atoms with Crippen molar-refractivity contribution < 1.29 is 23.5 Å². The Hall–Kier alpha value is -2.73. The zero-order chi connectivity index (χ0) is 19.8. The van der Waals surface area contributed by atoms with Crippen LogP contribution in [0.2, 0.25) is 5.02 Å². The summed E-state index contributed by atoms with van der Waals surface area (Å²) < 4.78 is 17.9. The number of Topliss-reactive ketones (excluding diaryl/α,β-unsaturated/α-hetero) is 1. The van der Waals surface area contributed by atoms with Crippen LogP contribution in [-0.2, 0) is 9.53 Å². The van der Waals surface area contributed by atoms with Gasteiger partial charge in [-0.1, -0.05) is 23.7 Å². The Morgan fingerprint density at radius 3 is 2.44 bits per heavy atom. The van der Waals surface area contributed by atoms with E-state index in [9.17, 15) is 18.8 Å². The van der Waals surface area contributed by atoms with Crippen LogP contribution in [0.15, 0.2) is 48.5 Å². The molecule has 142 valence electrons. The molecule has 1 amide bonds. The first kappa shape index (κ1) is 20.6. The van der Waals surface area contributed by atoms with Crippen LogP contribution in [0.25, 0.3) is 0 Å². The monoisotopic (exact) mass is 391 g/mol. The van der Waals surface area contributed by atoms with Crippen LogP contribution in [0.3, 0.4) is 0 Å². The molecule has 7 heteroatoms. The lowest BCUT2D eigenvalue weighted by Crippen LogP contribution is -2.39. The molecule has 1 atom stereocenters. The van der Waals surface area contributed by atoms with Crippen molar-refractivity contribution in [2.24, 2.45) is 0 Å². The van der Waals surface area contributed by atoms with E-state index in [1.807, 2.05) is 0 Å². The van der Waals surface area contributed by atoms with E-state index in [4.69, 9.17) is 16.3 Å². The minimum Gasteiger partial charge on any atom is -0.464 e. The van der Waals surface area contributed by atoms with Gasteiger partial charge in [-0.15, -0.1) is 0 Å². The fourth-order valence-corrected chi connectivity index (χ4v) is 2.51. The van der Waals surface area contributed by atoms with Gasteiger partial charge in [-0.05, 0) is 49.7 Å². The molecule has 0 aliphatic rings. The third-order valence-electron chi connectivity index (χ3n) is 3.78. The maximum absolute atomic E-state index is 12.8. The molecule has 0 bridgehead atoms. The van der Waals surface area contributed by atoms with Crippen molar-refractivity contribution in [3.63, 3.8) is 0 Å². The molecule has 0 heterocycles. The van der Waals surface area contributed by atoms with Gasteiger partial charge in [-0.2, -0.15) is 0 Å². The topological polar surface area (TPSA) is 72.5 Å². The first-order chi connectivity index (χ1) is 12.9. The van der Waals surface area contributed by atoms with Gasteiger partial charge in [0.05, 0.1) is 17.2 Å². The third kappa shape index (κ3) is 6.18. The van der Waals surface area contributed by atoms with E-state index < -0.39 is 23.7 Å². The maximum atomic E-state index is 12.8. The number of hydrogen-bond acceptors (Lipinski definition) is 4. The fourth-order valence-electron chi connectivity index (χ4n) is 2.29. The minimum atomic E-state index is -0.860. The van der Waals surface area contributed by atoms with E-state index in [1.54, 1.807) is 24.3 Å². The standard InChI is InChI=1S/C20H19ClFNO4/c1-13(23-19(25)16-5-2-3-6-17(16)21)20(26)27-12-4-7-18(24)14-8-10-15(22)11-9-14/h2-3,5-6,8-11,13H,4,7,12H2,1H3,(H,23,25)/t13-/m0/s1. The van der Waals surface area contributed by atoms with Gasteiger partial charge < -0.3 is 10.1 Å². The molecule has 27 heavy (non-hydrogen) atoms. The predicted octanol–water partition coefficient (Wildman–Crippen LogP) is 3.80. The van der Waals surface area contributed by atoms with Crippen molar-refractivity contribution in [3.05, 3.63) is 70.5 Å². The normalized spacial score (nSPS) is 11.5. The number of hydrogen-bond donors (Lipinski definition) is 1. The molecule has 0 aromatic heterocycles. The number of amides is 1. The van der Waals surface area contributed by atoms with Crippen LogP contribution in [0.1, 0.15) is 40.5 Å². The third-order valence-corrected chi connectivity index (χ3v) is 4.11. The molecule has 0 aliphatic heterocycles. The molecule has 5 nitrogen and oxygen atoms in total. The Bertz CT molecular complexity index is 823. The van der Waals surface area contributed by atoms with Crippen LogP contribution < -0.4 is 5.32 Å². The summed E-state index contributed by atoms with van der Waals surface area (Å²) in [5.74, 6) is -1.65. The summed E-state index contributed by atoms with van der Waals surface area (Å²) in [6.45, 7) is 1.54. The van der Waals surface area contributed by atoms with Crippen molar-refractivity contribution in [1.82, 2.24) is 5.32 Å². The second-order valence-corrected chi connectivity index (χ2v) is 6.28. The van der Waals surface area contributed by atoms with Gasteiger partial charge in [-0.3, -0.25) is 9.59 Å². The summed E-state index contributed by atoms with van der Waals surface area (Å²) in [5.41, 5.74) is 0.673. The lowest BCUT2D eigenvalue weighted by atomic mass is 10.1. The first-order valence-electron chi connectivity index (χ1n) is 8.39. The molecule has 2 aromatic rings. The zero-order valence-corrected chi connectivity index (χ0v) is 15.5. The fraction of sp³-hybridized carbons (Fsp3) is 0.250. The summed E-state index contributed by atoms with van der Waals surface area (Å²) in [6.07, 6.45) is 0.492. The Morgan fingerprint density at radius 2 is 1.78 bits per heavy atom. The van der Waals surface area contributed by atoms with Crippen molar-refractivity contribution in [1.29, 1.82) is 0 Å². The number of carbonyl (C=O) groups is 3. The second-order valence-electron chi connectivity index (χ2n) is 5.88. The second kappa shape index (κ2) is 9.83. The molecular weight excluding hydrogens is 373 g/mol. The van der Waals surface area contributed by atoms with E-state index in [2.05, 4.69) is 5.32 Å². The summed E-state index contributed by atoms with van der Waals surface area (Å²) in [5, 5.41) is 2.80. The van der Waals surface area contributed by atoms with E-state index >= 15 is 0 Å². The van der Waals surface area contributed by atoms with Crippen LogP contribution in [0.5, 0.6) is 0 Å². The number of ketones is 1. The molecule has 2 rings (SSSR count). The van der Waals surface area contributed by atoms with E-state index in [0.29, 0.717) is 12.0 Å². The van der Waals surface area contributed by atoms with E-state index in [-0.39, 0.29) is 29.4 Å². The minimum absolute atomic E-state index is 0.0398. The Labute approximate surface area is 161 Å². The molecule has 0 spiro atoms. The number of nitrogens with one attached hydrogen (secondary N) is 1. The Balaban J connectivity index is 1.73. The van der Waals surface area contributed by atoms with Crippen molar-refractivity contribution in [3.8, 4) is 0 Å². The highest BCUT2D eigenvalue weighted by atomic mass is 35.5. The highest BCUT2D eigenvalue weighted by molar-refractivity contribution is 6.33. The van der Waals surface area contributed by atoms with Crippen LogP contribution in [-0.4, -0.2) is 30.3 Å². The van der Waals surface area contributed by atoms with Crippen molar-refractivity contribution in [2.45, 2.75) is 25.8 Å². The molecule has 0 aliphatic carbocycles. The van der Waals surface area contributed by atoms with Gasteiger partial charge in [0.2, 0.25) is 0 Å². The van der Waals surface area contributed by atoms with Crippen LogP contribution in [0.4, 0.5) is 4.39 Å². The molecule has 0 saturated carbocycles. The number of carbonyl (C=O) groups excluding carboxylic acids is 3. The zero-order valence-electron chi connectivity index (χ0n) is 14.7. The quantitative estimate of drug-likeness (QED) is 0.422. The van der Waals surface area contributed by atoms with Gasteiger partial charge in [0.15, 0.2) is 5.78 Å². The highest BCUT2D eigenvalue weighted by Crippen LogP contribution is 2.14. The summed E-state index contributed by atoms with van der Waals surface area (Å²) in [6, 6.07) is 10.9. The number of ether oxygens (including phenoxy) is 1. The van der Waals surface area contributed by atoms with Crippen LogP contribution >= 0.6 is 11.6 Å². The maximum Gasteiger partial charge on any atom is 0.328 e. The molecule has 2 aromatic carbocycles. The molecule has 0 radical (unpaired) electrons. The smallest absolute Gasteiger partial charge is 0.328 e. The van der Waals surface area contributed by atoms with Gasteiger partial charge >= 0.3 is 5.97 Å². The van der Waals surface area contributed by atoms with Gasteiger partial charge in [0.25, 0.3) is 5.91 Å². The number of benzene rings is 2. The largest absolute Gasteiger partial charge is 0.464 e. The molecule has 0 fully saturated rings. The number of esters is 1. The molecule has 0 unspecified atom stereocenters. The Morgan fingerprint density at radius 1 is 1.11 bits per heavy atom. The van der Waals surface area contributed by atoms with Gasteiger partial charge in [-0.25, -0.2) is 9.18 Å². The number of rotatable bonds is 8. The predicted molar refractivity (Wildman–Crippen MR) is 99.3 cm³/mol. The molecule has 0 saturated heterocycles. The number of halogens is 2. The highest BCUT2D eigenvalue weighted by Gasteiger charge is 2.19. The van der Waals surface area contributed by atoms with Crippen molar-refractivity contribution in [2.75, 3.05) is 6.61 Å². The first-order valence-corrected chi connectivity index (χ1v) is 8.77.